The SMILES string of the molecule is Cc1c(C(N)=O)oc(C(=O)N(C)C)c1C. The molecule has 0 saturated carbocycles. The molecule has 1 aromatic heterocycles. The summed E-state index contributed by atoms with van der Waals surface area (Å²) in [5.74, 6) is -0.708. The van der Waals surface area contributed by atoms with Gasteiger partial charge in [-0.2, -0.15) is 0 Å². The fraction of sp³-hybridized carbons (Fsp3) is 0.400. The zero-order chi connectivity index (χ0) is 11.7. The van der Waals surface area contributed by atoms with Crippen LogP contribution in [0, 0.1) is 13.8 Å². The summed E-state index contributed by atoms with van der Waals surface area (Å²) in [6, 6.07) is 0. The maximum absolute atomic E-state index is 11.6. The second-order valence-corrected chi connectivity index (χ2v) is 3.57. The van der Waals surface area contributed by atoms with Crippen molar-refractivity contribution >= 4 is 11.8 Å². The van der Waals surface area contributed by atoms with Crippen molar-refractivity contribution in [2.24, 2.45) is 5.73 Å². The quantitative estimate of drug-likeness (QED) is 0.780. The molecule has 1 heterocycles. The first-order valence-corrected chi connectivity index (χ1v) is 4.47. The van der Waals surface area contributed by atoms with Crippen LogP contribution in [-0.2, 0) is 0 Å². The number of primary amides is 1. The minimum Gasteiger partial charge on any atom is -0.445 e. The van der Waals surface area contributed by atoms with Crippen molar-refractivity contribution in [2.75, 3.05) is 14.1 Å². The van der Waals surface area contributed by atoms with Gasteiger partial charge in [-0.25, -0.2) is 0 Å². The van der Waals surface area contributed by atoms with E-state index in [9.17, 15) is 9.59 Å². The Labute approximate surface area is 87.8 Å². The van der Waals surface area contributed by atoms with Gasteiger partial charge in [0.1, 0.15) is 0 Å². The highest BCUT2D eigenvalue weighted by atomic mass is 16.4. The van der Waals surface area contributed by atoms with Gasteiger partial charge in [-0.1, -0.05) is 0 Å². The lowest BCUT2D eigenvalue weighted by Gasteiger charge is -2.07. The molecular weight excluding hydrogens is 196 g/mol. The monoisotopic (exact) mass is 210 g/mol. The summed E-state index contributed by atoms with van der Waals surface area (Å²) in [7, 11) is 3.23. The van der Waals surface area contributed by atoms with Crippen LogP contribution in [-0.4, -0.2) is 30.8 Å². The summed E-state index contributed by atoms with van der Waals surface area (Å²) in [5.41, 5.74) is 6.39. The molecule has 0 aliphatic heterocycles. The molecule has 15 heavy (non-hydrogen) atoms. The van der Waals surface area contributed by atoms with E-state index in [-0.39, 0.29) is 17.4 Å². The molecule has 0 spiro atoms. The number of hydrogen-bond acceptors (Lipinski definition) is 3. The van der Waals surface area contributed by atoms with E-state index in [1.54, 1.807) is 27.9 Å². The third-order valence-electron chi connectivity index (χ3n) is 2.27. The highest BCUT2D eigenvalue weighted by Gasteiger charge is 2.23. The molecule has 5 nitrogen and oxygen atoms in total. The molecule has 5 heteroatoms. The lowest BCUT2D eigenvalue weighted by Crippen LogP contribution is -2.21. The van der Waals surface area contributed by atoms with Crippen LogP contribution in [0.2, 0.25) is 0 Å². The number of nitrogens with two attached hydrogens (primary N) is 1. The third kappa shape index (κ3) is 1.86. The molecule has 82 valence electrons. The molecule has 0 atom stereocenters. The molecule has 0 unspecified atom stereocenters. The van der Waals surface area contributed by atoms with Gasteiger partial charge >= 0.3 is 0 Å². The van der Waals surface area contributed by atoms with Gasteiger partial charge in [0.15, 0.2) is 11.5 Å². The van der Waals surface area contributed by atoms with Crippen molar-refractivity contribution in [1.82, 2.24) is 4.90 Å². The molecule has 2 N–H and O–H groups in total. The van der Waals surface area contributed by atoms with Crippen molar-refractivity contribution in [1.29, 1.82) is 0 Å². The molecule has 0 bridgehead atoms. The highest BCUT2D eigenvalue weighted by molar-refractivity contribution is 5.97. The van der Waals surface area contributed by atoms with Crippen LogP contribution in [0.3, 0.4) is 0 Å². The summed E-state index contributed by atoms with van der Waals surface area (Å²) >= 11 is 0. The standard InChI is InChI=1S/C10H14N2O3/c1-5-6(2)8(10(14)12(3)4)15-7(5)9(11)13/h1-4H3,(H2,11,13). The lowest BCUT2D eigenvalue weighted by molar-refractivity contribution is 0.0792. The topological polar surface area (TPSA) is 76.5 Å². The van der Waals surface area contributed by atoms with Crippen LogP contribution in [0.15, 0.2) is 4.42 Å². The van der Waals surface area contributed by atoms with Crippen LogP contribution in [0.1, 0.15) is 32.2 Å². The number of furan rings is 1. The Bertz CT molecular complexity index is 419. The van der Waals surface area contributed by atoms with Gasteiger partial charge in [-0.3, -0.25) is 9.59 Å². The predicted octanol–water partition coefficient (Wildman–Crippen LogP) is 0.697. The summed E-state index contributed by atoms with van der Waals surface area (Å²) in [4.78, 5) is 24.0. The maximum atomic E-state index is 11.6. The van der Waals surface area contributed by atoms with Gasteiger partial charge in [0.2, 0.25) is 0 Å². The summed E-state index contributed by atoms with van der Waals surface area (Å²) in [5, 5.41) is 0. The lowest BCUT2D eigenvalue weighted by atomic mass is 10.1. The maximum Gasteiger partial charge on any atom is 0.289 e. The van der Waals surface area contributed by atoms with Crippen LogP contribution in [0.25, 0.3) is 0 Å². The van der Waals surface area contributed by atoms with E-state index in [2.05, 4.69) is 0 Å². The summed E-state index contributed by atoms with van der Waals surface area (Å²) in [6.07, 6.45) is 0. The van der Waals surface area contributed by atoms with Crippen molar-refractivity contribution in [3.05, 3.63) is 22.6 Å². The van der Waals surface area contributed by atoms with Gasteiger partial charge in [-0.05, 0) is 13.8 Å². The van der Waals surface area contributed by atoms with E-state index in [1.807, 2.05) is 0 Å². The highest BCUT2D eigenvalue weighted by Crippen LogP contribution is 2.21. The molecule has 1 rings (SSSR count). The largest absolute Gasteiger partial charge is 0.445 e. The summed E-state index contributed by atoms with van der Waals surface area (Å²) in [6.45, 7) is 3.42. The van der Waals surface area contributed by atoms with Crippen LogP contribution in [0.5, 0.6) is 0 Å². The normalized spacial score (nSPS) is 10.1. The predicted molar refractivity (Wildman–Crippen MR) is 54.7 cm³/mol. The van der Waals surface area contributed by atoms with E-state index in [0.717, 1.165) is 0 Å². The Balaban J connectivity index is 3.28. The molecule has 0 fully saturated rings. The average molecular weight is 210 g/mol. The van der Waals surface area contributed by atoms with Gasteiger partial charge in [-0.15, -0.1) is 0 Å². The van der Waals surface area contributed by atoms with Crippen LogP contribution >= 0.6 is 0 Å². The van der Waals surface area contributed by atoms with Crippen molar-refractivity contribution in [3.63, 3.8) is 0 Å². The van der Waals surface area contributed by atoms with Crippen molar-refractivity contribution < 1.29 is 14.0 Å². The smallest absolute Gasteiger partial charge is 0.289 e. The second kappa shape index (κ2) is 3.76. The van der Waals surface area contributed by atoms with E-state index in [4.69, 9.17) is 10.2 Å². The Morgan fingerprint density at radius 3 is 1.93 bits per heavy atom. The molecule has 0 radical (unpaired) electrons. The first-order chi connectivity index (χ1) is 6.86. The first-order valence-electron chi connectivity index (χ1n) is 4.47. The number of nitrogens with zero attached hydrogens (tertiary/aromatic N) is 1. The molecule has 0 saturated heterocycles. The van der Waals surface area contributed by atoms with Gasteiger partial charge < -0.3 is 15.1 Å². The number of rotatable bonds is 2. The molecule has 2 amide bonds. The van der Waals surface area contributed by atoms with Crippen molar-refractivity contribution in [3.8, 4) is 0 Å². The van der Waals surface area contributed by atoms with E-state index in [1.165, 1.54) is 4.90 Å². The Morgan fingerprint density at radius 1 is 1.13 bits per heavy atom. The van der Waals surface area contributed by atoms with Crippen molar-refractivity contribution in [2.45, 2.75) is 13.8 Å². The fourth-order valence-corrected chi connectivity index (χ4v) is 1.24. The molecular formula is C10H14N2O3. The van der Waals surface area contributed by atoms with Crippen LogP contribution < -0.4 is 5.73 Å². The van der Waals surface area contributed by atoms with Gasteiger partial charge in [0.05, 0.1) is 0 Å². The zero-order valence-electron chi connectivity index (χ0n) is 9.25. The Hall–Kier alpha value is -1.78. The first kappa shape index (κ1) is 11.3. The van der Waals surface area contributed by atoms with Gasteiger partial charge in [0, 0.05) is 25.2 Å². The second-order valence-electron chi connectivity index (χ2n) is 3.57. The molecule has 0 aliphatic rings. The van der Waals surface area contributed by atoms with Crippen LogP contribution in [0.4, 0.5) is 0 Å². The minimum absolute atomic E-state index is 0.0534. The zero-order valence-corrected chi connectivity index (χ0v) is 9.25. The van der Waals surface area contributed by atoms with E-state index < -0.39 is 5.91 Å². The van der Waals surface area contributed by atoms with E-state index >= 15 is 0 Å². The molecule has 0 aliphatic carbocycles. The Morgan fingerprint density at radius 2 is 1.60 bits per heavy atom. The number of carbonyl (C=O) groups is 2. The Kier molecular flexibility index (Phi) is 2.83. The molecule has 0 aromatic carbocycles. The summed E-state index contributed by atoms with van der Waals surface area (Å²) < 4.78 is 5.16. The van der Waals surface area contributed by atoms with E-state index in [0.29, 0.717) is 11.1 Å². The average Bonchev–Trinajstić information content (AvgIpc) is 2.43. The number of carbonyl (C=O) groups excluding carboxylic acids is 2. The number of amides is 2. The third-order valence-corrected chi connectivity index (χ3v) is 2.27. The van der Waals surface area contributed by atoms with Gasteiger partial charge in [0.25, 0.3) is 11.8 Å². The fourth-order valence-electron chi connectivity index (χ4n) is 1.24. The molecule has 1 aromatic rings. The minimum atomic E-state index is -0.659. The number of hydrogen-bond donors (Lipinski definition) is 1.